The summed E-state index contributed by atoms with van der Waals surface area (Å²) < 4.78 is 0. The van der Waals surface area contributed by atoms with E-state index in [0.717, 1.165) is 0 Å². The van der Waals surface area contributed by atoms with Gasteiger partial charge in [0.15, 0.2) is 0 Å². The quantitative estimate of drug-likeness (QED) is 0.566. The van der Waals surface area contributed by atoms with E-state index >= 15 is 0 Å². The van der Waals surface area contributed by atoms with Crippen LogP contribution in [0.5, 0.6) is 0 Å². The summed E-state index contributed by atoms with van der Waals surface area (Å²) in [5.74, 6) is 0. The first-order valence-corrected chi connectivity index (χ1v) is 7.13. The Morgan fingerprint density at radius 3 is 2.26 bits per heavy atom. The van der Waals surface area contributed by atoms with E-state index in [4.69, 9.17) is 0 Å². The second-order valence-corrected chi connectivity index (χ2v) is 5.26. The van der Waals surface area contributed by atoms with Crippen LogP contribution in [0.1, 0.15) is 5.56 Å². The molecule has 3 aromatic rings. The molecule has 0 N–H and O–H groups in total. The summed E-state index contributed by atoms with van der Waals surface area (Å²) in [5.41, 5.74) is 4.93. The van der Waals surface area contributed by atoms with Crippen molar-refractivity contribution in [2.75, 3.05) is 0 Å². The van der Waals surface area contributed by atoms with Crippen molar-refractivity contribution >= 4 is 17.4 Å². The molecule has 0 nitrogen and oxygen atoms in total. The van der Waals surface area contributed by atoms with E-state index in [1.54, 1.807) is 11.3 Å². The maximum atomic E-state index is 3.99. The van der Waals surface area contributed by atoms with E-state index in [9.17, 15) is 0 Å². The Morgan fingerprint density at radius 2 is 1.58 bits per heavy atom. The molecule has 0 amide bonds. The first-order valence-electron chi connectivity index (χ1n) is 6.25. The molecule has 2 aromatic carbocycles. The maximum absolute atomic E-state index is 3.99. The first-order chi connectivity index (χ1) is 9.40. The van der Waals surface area contributed by atoms with Crippen molar-refractivity contribution in [1.29, 1.82) is 0 Å². The highest BCUT2D eigenvalue weighted by Gasteiger charge is 2.09. The lowest BCUT2D eigenvalue weighted by molar-refractivity contribution is 1.59. The van der Waals surface area contributed by atoms with Crippen LogP contribution in [-0.2, 0) is 0 Å². The normalized spacial score (nSPS) is 10.3. The van der Waals surface area contributed by atoms with Crippen molar-refractivity contribution in [1.82, 2.24) is 0 Å². The Morgan fingerprint density at radius 1 is 0.789 bits per heavy atom. The van der Waals surface area contributed by atoms with Gasteiger partial charge in [-0.3, -0.25) is 0 Å². The van der Waals surface area contributed by atoms with Crippen molar-refractivity contribution in [3.63, 3.8) is 0 Å². The highest BCUT2D eigenvalue weighted by atomic mass is 32.1. The molecular weight excluding hydrogens is 248 g/mol. The fourth-order valence-electron chi connectivity index (χ4n) is 2.30. The second kappa shape index (κ2) is 5.25. The topological polar surface area (TPSA) is 0 Å². The number of rotatable bonds is 3. The third-order valence-corrected chi connectivity index (χ3v) is 4.08. The molecule has 0 saturated heterocycles. The molecule has 0 fully saturated rings. The van der Waals surface area contributed by atoms with Crippen LogP contribution in [0.15, 0.2) is 72.6 Å². The molecule has 0 unspecified atom stereocenters. The van der Waals surface area contributed by atoms with E-state index in [-0.39, 0.29) is 0 Å². The van der Waals surface area contributed by atoms with Gasteiger partial charge in [0.05, 0.1) is 0 Å². The van der Waals surface area contributed by atoms with Gasteiger partial charge in [-0.1, -0.05) is 67.3 Å². The third kappa shape index (κ3) is 2.25. The van der Waals surface area contributed by atoms with Crippen molar-refractivity contribution in [3.8, 4) is 21.6 Å². The zero-order chi connectivity index (χ0) is 13.1. The van der Waals surface area contributed by atoms with Crippen LogP contribution < -0.4 is 0 Å². The molecule has 0 aliphatic carbocycles. The van der Waals surface area contributed by atoms with E-state index in [1.807, 2.05) is 12.1 Å². The lowest BCUT2D eigenvalue weighted by Crippen LogP contribution is -1.86. The van der Waals surface area contributed by atoms with E-state index in [2.05, 4.69) is 66.6 Å². The van der Waals surface area contributed by atoms with Crippen LogP contribution in [0.25, 0.3) is 27.6 Å². The van der Waals surface area contributed by atoms with Gasteiger partial charge in [-0.2, -0.15) is 0 Å². The molecule has 92 valence electrons. The Balaban J connectivity index is 2.22. The predicted octanol–water partition coefficient (Wildman–Crippen LogP) is 5.73. The minimum Gasteiger partial charge on any atom is -0.144 e. The minimum absolute atomic E-state index is 1.20. The Labute approximate surface area is 117 Å². The number of hydrogen-bond donors (Lipinski definition) is 0. The van der Waals surface area contributed by atoms with Crippen LogP contribution in [0.2, 0.25) is 0 Å². The zero-order valence-electron chi connectivity index (χ0n) is 10.5. The zero-order valence-corrected chi connectivity index (χ0v) is 11.4. The van der Waals surface area contributed by atoms with E-state index < -0.39 is 0 Å². The fourth-order valence-corrected chi connectivity index (χ4v) is 3.07. The molecule has 0 aliphatic heterocycles. The number of benzene rings is 2. The van der Waals surface area contributed by atoms with Crippen molar-refractivity contribution in [3.05, 3.63) is 78.2 Å². The number of hydrogen-bond acceptors (Lipinski definition) is 1. The molecule has 1 heterocycles. The van der Waals surface area contributed by atoms with Crippen molar-refractivity contribution in [2.24, 2.45) is 0 Å². The number of thiophene rings is 1. The summed E-state index contributed by atoms with van der Waals surface area (Å²) in [6.07, 6.45) is 1.96. The Bertz CT molecular complexity index is 679. The second-order valence-electron chi connectivity index (χ2n) is 4.31. The van der Waals surface area contributed by atoms with Gasteiger partial charge in [0.25, 0.3) is 0 Å². The Kier molecular flexibility index (Phi) is 3.30. The average Bonchev–Trinajstić information content (AvgIpc) is 3.01. The summed E-state index contributed by atoms with van der Waals surface area (Å²) in [4.78, 5) is 1.28. The minimum atomic E-state index is 1.20. The van der Waals surface area contributed by atoms with Gasteiger partial charge in [0.2, 0.25) is 0 Å². The van der Waals surface area contributed by atoms with Gasteiger partial charge in [-0.05, 0) is 33.7 Å². The Hall–Kier alpha value is -2.12. The first kappa shape index (κ1) is 11.9. The molecule has 0 saturated carbocycles. The largest absolute Gasteiger partial charge is 0.144 e. The van der Waals surface area contributed by atoms with Gasteiger partial charge in [0, 0.05) is 4.88 Å². The predicted molar refractivity (Wildman–Crippen MR) is 85.3 cm³/mol. The van der Waals surface area contributed by atoms with Gasteiger partial charge >= 0.3 is 0 Å². The van der Waals surface area contributed by atoms with Crippen LogP contribution in [0.4, 0.5) is 0 Å². The summed E-state index contributed by atoms with van der Waals surface area (Å²) in [5, 5.41) is 2.11. The lowest BCUT2D eigenvalue weighted by atomic mass is 9.95. The summed E-state index contributed by atoms with van der Waals surface area (Å²) >= 11 is 1.76. The summed E-state index contributed by atoms with van der Waals surface area (Å²) in [6, 6.07) is 21.1. The molecule has 1 aromatic heterocycles. The van der Waals surface area contributed by atoms with Crippen LogP contribution in [-0.4, -0.2) is 0 Å². The molecule has 0 radical (unpaired) electrons. The SMILES string of the molecule is C=Cc1c(-c2ccccc2)cccc1-c1cccs1. The highest BCUT2D eigenvalue weighted by molar-refractivity contribution is 7.13. The molecule has 0 atom stereocenters. The molecule has 3 rings (SSSR count). The van der Waals surface area contributed by atoms with E-state index in [0.29, 0.717) is 0 Å². The van der Waals surface area contributed by atoms with Gasteiger partial charge < -0.3 is 0 Å². The maximum Gasteiger partial charge on any atom is 0.0348 e. The molecule has 1 heteroatoms. The average molecular weight is 262 g/mol. The molecule has 0 bridgehead atoms. The molecule has 19 heavy (non-hydrogen) atoms. The molecule has 0 aliphatic rings. The summed E-state index contributed by atoms with van der Waals surface area (Å²) in [6.45, 7) is 3.99. The van der Waals surface area contributed by atoms with Crippen molar-refractivity contribution in [2.45, 2.75) is 0 Å². The fraction of sp³-hybridized carbons (Fsp3) is 0. The van der Waals surface area contributed by atoms with Crippen LogP contribution in [0.3, 0.4) is 0 Å². The monoisotopic (exact) mass is 262 g/mol. The van der Waals surface area contributed by atoms with Crippen LogP contribution >= 0.6 is 11.3 Å². The smallest absolute Gasteiger partial charge is 0.0348 e. The molecular formula is C18H14S. The standard InChI is InChI=1S/C18H14S/c1-2-15-16(14-8-4-3-5-9-14)10-6-11-17(15)18-12-7-13-19-18/h2-13H,1H2. The van der Waals surface area contributed by atoms with E-state index in [1.165, 1.54) is 27.1 Å². The van der Waals surface area contributed by atoms with Gasteiger partial charge in [-0.25, -0.2) is 0 Å². The van der Waals surface area contributed by atoms with Crippen molar-refractivity contribution < 1.29 is 0 Å². The lowest BCUT2D eigenvalue weighted by Gasteiger charge is -2.11. The van der Waals surface area contributed by atoms with Gasteiger partial charge in [-0.15, -0.1) is 11.3 Å². The van der Waals surface area contributed by atoms with Gasteiger partial charge in [0.1, 0.15) is 0 Å². The third-order valence-electron chi connectivity index (χ3n) is 3.18. The highest BCUT2D eigenvalue weighted by Crippen LogP contribution is 2.35. The summed E-state index contributed by atoms with van der Waals surface area (Å²) in [7, 11) is 0. The molecule has 0 spiro atoms. The van der Waals surface area contributed by atoms with Crippen LogP contribution in [0, 0.1) is 0 Å².